The fourth-order valence-electron chi connectivity index (χ4n) is 2.98. The van der Waals surface area contributed by atoms with Crippen molar-refractivity contribution in [3.05, 3.63) is 59.2 Å². The summed E-state index contributed by atoms with van der Waals surface area (Å²) in [5.74, 6) is 0.510. The molecule has 1 aliphatic carbocycles. The molecule has 1 aliphatic rings. The van der Waals surface area contributed by atoms with E-state index in [2.05, 4.69) is 17.4 Å². The summed E-state index contributed by atoms with van der Waals surface area (Å²) in [6, 6.07) is 13.7. The number of benzene rings is 2. The van der Waals surface area contributed by atoms with Crippen LogP contribution >= 0.6 is 11.8 Å². The molecule has 2 aromatic carbocycles. The van der Waals surface area contributed by atoms with E-state index in [0.29, 0.717) is 5.75 Å². The average molecular weight is 339 g/mol. The molecular formula is C20H21NO2S. The number of anilines is 1. The fraction of sp³-hybridized carbons (Fsp3) is 0.300. The molecule has 1 N–H and O–H groups in total. The van der Waals surface area contributed by atoms with Crippen LogP contribution in [0, 0.1) is 0 Å². The number of fused-ring (bicyclic) bond motifs is 1. The lowest BCUT2D eigenvalue weighted by Gasteiger charge is -2.16. The molecule has 4 heteroatoms. The van der Waals surface area contributed by atoms with E-state index in [1.807, 2.05) is 30.3 Å². The van der Waals surface area contributed by atoms with Gasteiger partial charge in [-0.25, -0.2) is 0 Å². The van der Waals surface area contributed by atoms with Gasteiger partial charge in [-0.3, -0.25) is 9.59 Å². The zero-order chi connectivity index (χ0) is 16.9. The summed E-state index contributed by atoms with van der Waals surface area (Å²) >= 11 is 1.53. The first-order valence-corrected chi connectivity index (χ1v) is 9.26. The first-order valence-electron chi connectivity index (χ1n) is 8.27. The Morgan fingerprint density at radius 2 is 1.71 bits per heavy atom. The standard InChI is InChI=1S/C20H21NO2S/c1-14(22)21-18-8-10-19(11-9-18)24-13-20(23)17-7-6-15-4-2-3-5-16(15)12-17/h6-12H,2-5,13H2,1H3,(H,21,22). The van der Waals surface area contributed by atoms with E-state index in [1.165, 1.54) is 42.7 Å². The van der Waals surface area contributed by atoms with Gasteiger partial charge in [0.15, 0.2) is 5.78 Å². The number of aryl methyl sites for hydroxylation is 2. The van der Waals surface area contributed by atoms with Crippen LogP contribution < -0.4 is 5.32 Å². The molecule has 0 aromatic heterocycles. The number of hydrogen-bond donors (Lipinski definition) is 1. The third kappa shape index (κ3) is 4.26. The largest absolute Gasteiger partial charge is 0.326 e. The Morgan fingerprint density at radius 3 is 2.42 bits per heavy atom. The van der Waals surface area contributed by atoms with Crippen LogP contribution in [0.4, 0.5) is 5.69 Å². The number of rotatable bonds is 5. The minimum Gasteiger partial charge on any atom is -0.326 e. The molecule has 0 saturated heterocycles. The van der Waals surface area contributed by atoms with Crippen LogP contribution in [0.5, 0.6) is 0 Å². The van der Waals surface area contributed by atoms with Gasteiger partial charge in [-0.1, -0.05) is 12.1 Å². The van der Waals surface area contributed by atoms with Crippen LogP contribution in [0.3, 0.4) is 0 Å². The van der Waals surface area contributed by atoms with Gasteiger partial charge in [-0.15, -0.1) is 11.8 Å². The summed E-state index contributed by atoms with van der Waals surface area (Å²) in [6.45, 7) is 1.49. The van der Waals surface area contributed by atoms with Gasteiger partial charge in [-0.2, -0.15) is 0 Å². The molecule has 3 rings (SSSR count). The molecule has 0 heterocycles. The predicted octanol–water partition coefficient (Wildman–Crippen LogP) is 4.50. The van der Waals surface area contributed by atoms with Crippen LogP contribution in [0.1, 0.15) is 41.3 Å². The minimum absolute atomic E-state index is 0.0852. The molecule has 0 unspecified atom stereocenters. The van der Waals surface area contributed by atoms with Gasteiger partial charge in [0, 0.05) is 23.1 Å². The number of thioether (sulfide) groups is 1. The zero-order valence-corrected chi connectivity index (χ0v) is 14.6. The van der Waals surface area contributed by atoms with Crippen molar-refractivity contribution in [3.63, 3.8) is 0 Å². The lowest BCUT2D eigenvalue weighted by molar-refractivity contribution is -0.114. The maximum absolute atomic E-state index is 12.4. The van der Waals surface area contributed by atoms with Crippen molar-refractivity contribution in [1.82, 2.24) is 0 Å². The molecule has 0 bridgehead atoms. The molecule has 3 nitrogen and oxygen atoms in total. The predicted molar refractivity (Wildman–Crippen MR) is 98.9 cm³/mol. The van der Waals surface area contributed by atoms with E-state index in [-0.39, 0.29) is 11.7 Å². The number of amides is 1. The average Bonchev–Trinajstić information content (AvgIpc) is 2.60. The summed E-state index contributed by atoms with van der Waals surface area (Å²) in [5, 5.41) is 2.74. The summed E-state index contributed by atoms with van der Waals surface area (Å²) in [5.41, 5.74) is 4.33. The molecular weight excluding hydrogens is 318 g/mol. The molecule has 1 amide bonds. The number of carbonyl (C=O) groups is 2. The summed E-state index contributed by atoms with van der Waals surface area (Å²) in [6.07, 6.45) is 4.71. The normalized spacial score (nSPS) is 13.2. The van der Waals surface area contributed by atoms with Crippen LogP contribution in [-0.4, -0.2) is 17.4 Å². The minimum atomic E-state index is -0.0852. The van der Waals surface area contributed by atoms with E-state index in [4.69, 9.17) is 0 Å². The smallest absolute Gasteiger partial charge is 0.221 e. The first kappa shape index (κ1) is 16.8. The number of ketones is 1. The second-order valence-electron chi connectivity index (χ2n) is 6.11. The van der Waals surface area contributed by atoms with E-state index < -0.39 is 0 Å². The third-order valence-electron chi connectivity index (χ3n) is 4.22. The molecule has 0 saturated carbocycles. The Balaban J connectivity index is 1.60. The number of hydrogen-bond acceptors (Lipinski definition) is 3. The van der Waals surface area contributed by atoms with Crippen molar-refractivity contribution in [2.24, 2.45) is 0 Å². The zero-order valence-electron chi connectivity index (χ0n) is 13.8. The van der Waals surface area contributed by atoms with Gasteiger partial charge >= 0.3 is 0 Å². The van der Waals surface area contributed by atoms with Crippen LogP contribution in [0.15, 0.2) is 47.4 Å². The highest BCUT2D eigenvalue weighted by Crippen LogP contribution is 2.25. The lowest BCUT2D eigenvalue weighted by Crippen LogP contribution is -2.07. The van der Waals surface area contributed by atoms with Gasteiger partial charge in [0.1, 0.15) is 0 Å². The van der Waals surface area contributed by atoms with Crippen molar-refractivity contribution < 1.29 is 9.59 Å². The number of nitrogens with one attached hydrogen (secondary N) is 1. The Hall–Kier alpha value is -2.07. The molecule has 2 aromatic rings. The van der Waals surface area contributed by atoms with E-state index in [0.717, 1.165) is 29.0 Å². The SMILES string of the molecule is CC(=O)Nc1ccc(SCC(=O)c2ccc3c(c2)CCCC3)cc1. The van der Waals surface area contributed by atoms with Crippen molar-refractivity contribution in [1.29, 1.82) is 0 Å². The highest BCUT2D eigenvalue weighted by atomic mass is 32.2. The van der Waals surface area contributed by atoms with Gasteiger partial charge in [0.25, 0.3) is 0 Å². The fourth-order valence-corrected chi connectivity index (χ4v) is 3.77. The topological polar surface area (TPSA) is 46.2 Å². The Labute approximate surface area is 146 Å². The van der Waals surface area contributed by atoms with Gasteiger partial charge in [0.05, 0.1) is 5.75 Å². The van der Waals surface area contributed by atoms with E-state index in [9.17, 15) is 9.59 Å². The van der Waals surface area contributed by atoms with Gasteiger partial charge in [-0.05, 0) is 67.1 Å². The molecule has 124 valence electrons. The van der Waals surface area contributed by atoms with Gasteiger partial charge < -0.3 is 5.32 Å². The second kappa shape index (κ2) is 7.67. The number of Topliss-reactive ketones (excluding diaryl/α,β-unsaturated/α-hetero) is 1. The van der Waals surface area contributed by atoms with Crippen molar-refractivity contribution in [3.8, 4) is 0 Å². The van der Waals surface area contributed by atoms with Crippen LogP contribution in [-0.2, 0) is 17.6 Å². The van der Waals surface area contributed by atoms with E-state index in [1.54, 1.807) is 0 Å². The van der Waals surface area contributed by atoms with E-state index >= 15 is 0 Å². The molecule has 0 fully saturated rings. The summed E-state index contributed by atoms with van der Waals surface area (Å²) in [7, 11) is 0. The van der Waals surface area contributed by atoms with Crippen molar-refractivity contribution in [2.45, 2.75) is 37.5 Å². The van der Waals surface area contributed by atoms with Crippen LogP contribution in [0.2, 0.25) is 0 Å². The Morgan fingerprint density at radius 1 is 1.00 bits per heavy atom. The summed E-state index contributed by atoms with van der Waals surface area (Å²) in [4.78, 5) is 24.5. The highest BCUT2D eigenvalue weighted by molar-refractivity contribution is 8.00. The Bertz CT molecular complexity index is 753. The molecule has 24 heavy (non-hydrogen) atoms. The number of carbonyl (C=O) groups excluding carboxylic acids is 2. The van der Waals surface area contributed by atoms with Crippen LogP contribution in [0.25, 0.3) is 0 Å². The van der Waals surface area contributed by atoms with Gasteiger partial charge in [0.2, 0.25) is 5.91 Å². The second-order valence-corrected chi connectivity index (χ2v) is 7.16. The first-order chi connectivity index (χ1) is 11.6. The van der Waals surface area contributed by atoms with Crippen molar-refractivity contribution in [2.75, 3.05) is 11.1 Å². The maximum Gasteiger partial charge on any atom is 0.221 e. The quantitative estimate of drug-likeness (QED) is 0.644. The monoisotopic (exact) mass is 339 g/mol. The summed E-state index contributed by atoms with van der Waals surface area (Å²) < 4.78 is 0. The maximum atomic E-state index is 12.4. The lowest BCUT2D eigenvalue weighted by atomic mass is 9.90. The molecule has 0 atom stereocenters. The molecule has 0 aliphatic heterocycles. The molecule has 0 radical (unpaired) electrons. The van der Waals surface area contributed by atoms with Crippen molar-refractivity contribution >= 4 is 29.1 Å². The Kier molecular flexibility index (Phi) is 5.36. The molecule has 0 spiro atoms. The highest BCUT2D eigenvalue weighted by Gasteiger charge is 2.13. The third-order valence-corrected chi connectivity index (χ3v) is 5.23.